The Hall–Kier alpha value is -1.82. The number of hydrogen-bond donors (Lipinski definition) is 0. The molecule has 2 aromatic carbocycles. The third-order valence-corrected chi connectivity index (χ3v) is 4.00. The van der Waals surface area contributed by atoms with E-state index < -0.39 is 0 Å². The van der Waals surface area contributed by atoms with E-state index >= 15 is 0 Å². The van der Waals surface area contributed by atoms with Crippen LogP contribution in [0.15, 0.2) is 48.0 Å². The van der Waals surface area contributed by atoms with E-state index in [1.165, 1.54) is 34.2 Å². The maximum atomic E-state index is 2.42. The SMILES string of the molecule is Cc1ccc(-c2cccc3c2C=C(CC(C)C)C3)cc1. The molecule has 0 aliphatic heterocycles. The van der Waals surface area contributed by atoms with Gasteiger partial charge >= 0.3 is 0 Å². The van der Waals surface area contributed by atoms with Crippen molar-refractivity contribution in [3.05, 3.63) is 64.7 Å². The van der Waals surface area contributed by atoms with E-state index in [1.54, 1.807) is 5.57 Å². The average molecular weight is 262 g/mol. The molecule has 1 aliphatic rings. The summed E-state index contributed by atoms with van der Waals surface area (Å²) >= 11 is 0. The lowest BCUT2D eigenvalue weighted by molar-refractivity contribution is 0.638. The summed E-state index contributed by atoms with van der Waals surface area (Å²) < 4.78 is 0. The van der Waals surface area contributed by atoms with Gasteiger partial charge in [-0.25, -0.2) is 0 Å². The Kier molecular flexibility index (Phi) is 3.48. The molecule has 0 bridgehead atoms. The molecule has 0 fully saturated rings. The van der Waals surface area contributed by atoms with Crippen LogP contribution < -0.4 is 0 Å². The number of aryl methyl sites for hydroxylation is 1. The number of rotatable bonds is 3. The van der Waals surface area contributed by atoms with Crippen molar-refractivity contribution in [1.29, 1.82) is 0 Å². The van der Waals surface area contributed by atoms with Crippen LogP contribution in [0.2, 0.25) is 0 Å². The first-order chi connectivity index (χ1) is 9.63. The summed E-state index contributed by atoms with van der Waals surface area (Å²) in [6.45, 7) is 6.73. The minimum absolute atomic E-state index is 0.735. The molecule has 1 aliphatic carbocycles. The summed E-state index contributed by atoms with van der Waals surface area (Å²) in [7, 11) is 0. The third kappa shape index (κ3) is 2.56. The minimum atomic E-state index is 0.735. The van der Waals surface area contributed by atoms with Crippen LogP contribution in [-0.2, 0) is 6.42 Å². The topological polar surface area (TPSA) is 0 Å². The van der Waals surface area contributed by atoms with Crippen LogP contribution >= 0.6 is 0 Å². The van der Waals surface area contributed by atoms with Gasteiger partial charge in [0.2, 0.25) is 0 Å². The van der Waals surface area contributed by atoms with Gasteiger partial charge in [-0.15, -0.1) is 0 Å². The standard InChI is InChI=1S/C20H22/c1-14(2)11-16-12-18-5-4-6-19(20(18)13-16)17-9-7-15(3)8-10-17/h4-10,13-14H,11-12H2,1-3H3. The average Bonchev–Trinajstić information content (AvgIpc) is 2.80. The zero-order valence-corrected chi connectivity index (χ0v) is 12.6. The highest BCUT2D eigenvalue weighted by atomic mass is 14.2. The molecule has 0 atom stereocenters. The number of fused-ring (bicyclic) bond motifs is 1. The van der Waals surface area contributed by atoms with Gasteiger partial charge in [0.05, 0.1) is 0 Å². The Labute approximate surface area is 122 Å². The summed E-state index contributed by atoms with van der Waals surface area (Å²) in [5, 5.41) is 0. The van der Waals surface area contributed by atoms with Crippen molar-refractivity contribution >= 4 is 6.08 Å². The van der Waals surface area contributed by atoms with Crippen LogP contribution in [0.5, 0.6) is 0 Å². The van der Waals surface area contributed by atoms with Crippen molar-refractivity contribution < 1.29 is 0 Å². The largest absolute Gasteiger partial charge is 0.0649 e. The zero-order chi connectivity index (χ0) is 14.1. The van der Waals surface area contributed by atoms with Crippen molar-refractivity contribution in [2.24, 2.45) is 5.92 Å². The fraction of sp³-hybridized carbons (Fsp3) is 0.300. The van der Waals surface area contributed by atoms with Crippen LogP contribution in [-0.4, -0.2) is 0 Å². The number of benzene rings is 2. The second-order valence-electron chi connectivity index (χ2n) is 6.32. The normalized spacial score (nSPS) is 13.5. The molecule has 0 unspecified atom stereocenters. The van der Waals surface area contributed by atoms with E-state index in [1.807, 2.05) is 0 Å². The fourth-order valence-corrected chi connectivity index (χ4v) is 3.08. The maximum Gasteiger partial charge on any atom is -0.00575 e. The summed E-state index contributed by atoms with van der Waals surface area (Å²) in [6, 6.07) is 15.6. The van der Waals surface area contributed by atoms with Gasteiger partial charge < -0.3 is 0 Å². The highest BCUT2D eigenvalue weighted by Gasteiger charge is 2.16. The zero-order valence-electron chi connectivity index (χ0n) is 12.6. The van der Waals surface area contributed by atoms with Crippen molar-refractivity contribution in [2.75, 3.05) is 0 Å². The minimum Gasteiger partial charge on any atom is -0.0649 e. The molecule has 2 aromatic rings. The molecule has 20 heavy (non-hydrogen) atoms. The first-order valence-electron chi connectivity index (χ1n) is 7.52. The van der Waals surface area contributed by atoms with Crippen LogP contribution in [0.25, 0.3) is 17.2 Å². The van der Waals surface area contributed by atoms with Gasteiger partial charge in [-0.2, -0.15) is 0 Å². The number of allylic oxidation sites excluding steroid dienone is 1. The van der Waals surface area contributed by atoms with E-state index in [0.29, 0.717) is 0 Å². The Morgan fingerprint density at radius 1 is 1.00 bits per heavy atom. The summed E-state index contributed by atoms with van der Waals surface area (Å²) in [5.41, 5.74) is 8.52. The van der Waals surface area contributed by atoms with Gasteiger partial charge in [-0.1, -0.05) is 73.5 Å². The molecular weight excluding hydrogens is 240 g/mol. The lowest BCUT2D eigenvalue weighted by Gasteiger charge is -2.08. The van der Waals surface area contributed by atoms with E-state index in [2.05, 4.69) is 69.3 Å². The predicted octanol–water partition coefficient (Wildman–Crippen LogP) is 5.65. The first-order valence-corrected chi connectivity index (χ1v) is 7.52. The molecule has 0 amide bonds. The molecule has 0 saturated carbocycles. The lowest BCUT2D eigenvalue weighted by atomic mass is 9.96. The third-order valence-electron chi connectivity index (χ3n) is 4.00. The highest BCUT2D eigenvalue weighted by molar-refractivity contribution is 5.80. The molecule has 0 radical (unpaired) electrons. The monoisotopic (exact) mass is 262 g/mol. The molecule has 0 heteroatoms. The molecule has 0 saturated heterocycles. The summed E-state index contributed by atoms with van der Waals surface area (Å²) in [5.74, 6) is 0.735. The van der Waals surface area contributed by atoms with E-state index in [0.717, 1.165) is 12.3 Å². The molecular formula is C20H22. The molecule has 0 nitrogen and oxygen atoms in total. The van der Waals surface area contributed by atoms with Gasteiger partial charge in [-0.3, -0.25) is 0 Å². The first kappa shape index (κ1) is 13.2. The van der Waals surface area contributed by atoms with Crippen molar-refractivity contribution in [3.8, 4) is 11.1 Å². The van der Waals surface area contributed by atoms with Gasteiger partial charge in [0, 0.05) is 0 Å². The second-order valence-corrected chi connectivity index (χ2v) is 6.32. The van der Waals surface area contributed by atoms with Gasteiger partial charge in [-0.05, 0) is 47.9 Å². The van der Waals surface area contributed by atoms with E-state index in [-0.39, 0.29) is 0 Å². The quantitative estimate of drug-likeness (QED) is 0.670. The molecule has 3 rings (SSSR count). The van der Waals surface area contributed by atoms with Crippen LogP contribution in [0.3, 0.4) is 0 Å². The lowest BCUT2D eigenvalue weighted by Crippen LogP contribution is -1.91. The second kappa shape index (κ2) is 5.28. The van der Waals surface area contributed by atoms with E-state index in [9.17, 15) is 0 Å². The summed E-state index contributed by atoms with van der Waals surface area (Å²) in [4.78, 5) is 0. The van der Waals surface area contributed by atoms with Gasteiger partial charge in [0.1, 0.15) is 0 Å². The Bertz CT molecular complexity index is 642. The van der Waals surface area contributed by atoms with Gasteiger partial charge in [0.25, 0.3) is 0 Å². The molecule has 102 valence electrons. The van der Waals surface area contributed by atoms with Crippen LogP contribution in [0.1, 0.15) is 37.0 Å². The molecule has 0 N–H and O–H groups in total. The molecule has 0 spiro atoms. The predicted molar refractivity (Wildman–Crippen MR) is 87.8 cm³/mol. The Morgan fingerprint density at radius 3 is 2.45 bits per heavy atom. The van der Waals surface area contributed by atoms with Crippen LogP contribution in [0.4, 0.5) is 0 Å². The van der Waals surface area contributed by atoms with Crippen molar-refractivity contribution in [1.82, 2.24) is 0 Å². The van der Waals surface area contributed by atoms with Crippen molar-refractivity contribution in [3.63, 3.8) is 0 Å². The van der Waals surface area contributed by atoms with Crippen LogP contribution in [0, 0.1) is 12.8 Å². The molecule has 0 heterocycles. The van der Waals surface area contributed by atoms with E-state index in [4.69, 9.17) is 0 Å². The molecule has 0 aromatic heterocycles. The Morgan fingerprint density at radius 2 is 1.75 bits per heavy atom. The Balaban J connectivity index is 2.01. The number of hydrogen-bond acceptors (Lipinski definition) is 0. The maximum absolute atomic E-state index is 2.42. The summed E-state index contributed by atoms with van der Waals surface area (Å²) in [6.07, 6.45) is 4.76. The van der Waals surface area contributed by atoms with Crippen molar-refractivity contribution in [2.45, 2.75) is 33.6 Å². The fourth-order valence-electron chi connectivity index (χ4n) is 3.08. The smallest absolute Gasteiger partial charge is 0.00575 e. The highest BCUT2D eigenvalue weighted by Crippen LogP contribution is 2.35. The van der Waals surface area contributed by atoms with Gasteiger partial charge in [0.15, 0.2) is 0 Å².